The smallest absolute Gasteiger partial charge is 0.277 e. The lowest BCUT2D eigenvalue weighted by molar-refractivity contribution is -0.385. The molecule has 156 valence electrons. The molecular weight excluding hydrogens is 415 g/mol. The van der Waals surface area contributed by atoms with Gasteiger partial charge in [0.05, 0.1) is 27.4 Å². The maximum absolute atomic E-state index is 14.0. The van der Waals surface area contributed by atoms with Gasteiger partial charge < -0.3 is 0 Å². The molecule has 0 saturated carbocycles. The minimum atomic E-state index is -0.830. The number of nitro benzene ring substituents is 1. The Kier molecular flexibility index (Phi) is 4.37. The summed E-state index contributed by atoms with van der Waals surface area (Å²) in [6, 6.07) is 14.9. The van der Waals surface area contributed by atoms with Crippen LogP contribution >= 0.6 is 0 Å². The third-order valence-electron chi connectivity index (χ3n) is 5.24. The van der Waals surface area contributed by atoms with Crippen molar-refractivity contribution in [2.75, 3.05) is 4.90 Å². The van der Waals surface area contributed by atoms with Crippen LogP contribution in [0.2, 0.25) is 0 Å². The van der Waals surface area contributed by atoms with E-state index in [1.807, 2.05) is 24.3 Å². The fourth-order valence-corrected chi connectivity index (χ4v) is 3.78. The molecule has 5 rings (SSSR count). The summed E-state index contributed by atoms with van der Waals surface area (Å²) in [7, 11) is 0. The summed E-state index contributed by atoms with van der Waals surface area (Å²) in [5.74, 6) is -2.10. The van der Waals surface area contributed by atoms with E-state index in [2.05, 4.69) is 10.2 Å². The van der Waals surface area contributed by atoms with Crippen molar-refractivity contribution in [3.8, 4) is 0 Å². The lowest BCUT2D eigenvalue weighted by Gasteiger charge is -2.16. The standard InChI is InChI=1S/C23H13FN4O4/c24-14-9-11-19(13(12-14)8-10-18-15-4-1-2-6-17(15)25-26-18)27-22(29)16-5-3-7-20(28(31)32)21(16)23(27)30/h1-12H,(H,25,26). The number of carbonyl (C=O) groups is 2. The molecule has 0 saturated heterocycles. The first-order chi connectivity index (χ1) is 15.5. The van der Waals surface area contributed by atoms with Gasteiger partial charge in [-0.05, 0) is 36.4 Å². The molecule has 32 heavy (non-hydrogen) atoms. The molecule has 2 amide bonds. The van der Waals surface area contributed by atoms with Crippen LogP contribution in [0.4, 0.5) is 15.8 Å². The van der Waals surface area contributed by atoms with E-state index in [0.29, 0.717) is 5.69 Å². The van der Waals surface area contributed by atoms with Crippen molar-refractivity contribution in [2.45, 2.75) is 0 Å². The monoisotopic (exact) mass is 428 g/mol. The largest absolute Gasteiger partial charge is 0.283 e. The number of hydrogen-bond acceptors (Lipinski definition) is 5. The van der Waals surface area contributed by atoms with E-state index in [0.717, 1.165) is 21.9 Å². The fraction of sp³-hybridized carbons (Fsp3) is 0. The Hall–Kier alpha value is -4.66. The highest BCUT2D eigenvalue weighted by molar-refractivity contribution is 6.36. The van der Waals surface area contributed by atoms with E-state index < -0.39 is 28.2 Å². The summed E-state index contributed by atoms with van der Waals surface area (Å²) in [5.41, 5.74) is 0.970. The molecule has 1 aliphatic heterocycles. The minimum absolute atomic E-state index is 0.0678. The second-order valence-electron chi connectivity index (χ2n) is 7.09. The molecule has 0 spiro atoms. The molecule has 0 radical (unpaired) electrons. The van der Waals surface area contributed by atoms with Gasteiger partial charge in [-0.2, -0.15) is 5.10 Å². The summed E-state index contributed by atoms with van der Waals surface area (Å²) in [6.45, 7) is 0. The first kappa shape index (κ1) is 19.3. The van der Waals surface area contributed by atoms with E-state index in [1.54, 1.807) is 12.2 Å². The number of H-pyrrole nitrogens is 1. The van der Waals surface area contributed by atoms with E-state index in [9.17, 15) is 24.1 Å². The second kappa shape index (κ2) is 7.24. The van der Waals surface area contributed by atoms with Gasteiger partial charge in [0.1, 0.15) is 11.4 Å². The molecule has 1 N–H and O–H groups in total. The van der Waals surface area contributed by atoms with Crippen molar-refractivity contribution in [3.63, 3.8) is 0 Å². The zero-order valence-corrected chi connectivity index (χ0v) is 16.3. The number of aromatic amines is 1. The van der Waals surface area contributed by atoms with Gasteiger partial charge in [-0.1, -0.05) is 30.3 Å². The molecule has 4 aromatic rings. The summed E-state index contributed by atoms with van der Waals surface area (Å²) in [6.07, 6.45) is 3.18. The molecule has 0 fully saturated rings. The lowest BCUT2D eigenvalue weighted by Crippen LogP contribution is -2.30. The zero-order valence-electron chi connectivity index (χ0n) is 16.3. The summed E-state index contributed by atoms with van der Waals surface area (Å²) < 4.78 is 14.0. The molecular formula is C23H13FN4O4. The van der Waals surface area contributed by atoms with Gasteiger partial charge in [-0.15, -0.1) is 0 Å². The van der Waals surface area contributed by atoms with Gasteiger partial charge in [0.2, 0.25) is 0 Å². The highest BCUT2D eigenvalue weighted by Gasteiger charge is 2.42. The van der Waals surface area contributed by atoms with E-state index in [4.69, 9.17) is 0 Å². The number of anilines is 1. The van der Waals surface area contributed by atoms with E-state index in [1.165, 1.54) is 30.3 Å². The van der Waals surface area contributed by atoms with Crippen LogP contribution in [-0.4, -0.2) is 26.9 Å². The van der Waals surface area contributed by atoms with Crippen LogP contribution in [0.5, 0.6) is 0 Å². The van der Waals surface area contributed by atoms with Gasteiger partial charge in [-0.3, -0.25) is 24.8 Å². The van der Waals surface area contributed by atoms with Crippen molar-refractivity contribution in [1.29, 1.82) is 0 Å². The number of halogens is 1. The molecule has 0 atom stereocenters. The molecule has 0 aliphatic carbocycles. The van der Waals surface area contributed by atoms with Gasteiger partial charge in [-0.25, -0.2) is 9.29 Å². The Morgan fingerprint density at radius 1 is 1.00 bits per heavy atom. The molecule has 2 heterocycles. The Balaban J connectivity index is 1.60. The van der Waals surface area contributed by atoms with Crippen molar-refractivity contribution in [1.82, 2.24) is 10.2 Å². The summed E-state index contributed by atoms with van der Waals surface area (Å²) in [5, 5.41) is 19.3. The predicted molar refractivity (Wildman–Crippen MR) is 116 cm³/mol. The van der Waals surface area contributed by atoms with Gasteiger partial charge in [0, 0.05) is 17.0 Å². The first-order valence-electron chi connectivity index (χ1n) is 9.52. The highest BCUT2D eigenvalue weighted by Crippen LogP contribution is 2.36. The number of nitro groups is 1. The Labute approximate surface area is 179 Å². The first-order valence-corrected chi connectivity index (χ1v) is 9.52. The maximum atomic E-state index is 14.0. The quantitative estimate of drug-likeness (QED) is 0.291. The molecule has 8 nitrogen and oxygen atoms in total. The van der Waals surface area contributed by atoms with Crippen molar-refractivity contribution in [2.24, 2.45) is 0 Å². The molecule has 0 bridgehead atoms. The topological polar surface area (TPSA) is 109 Å². The number of rotatable bonds is 4. The van der Waals surface area contributed by atoms with Crippen LogP contribution in [0, 0.1) is 15.9 Å². The number of fused-ring (bicyclic) bond motifs is 2. The van der Waals surface area contributed by atoms with Crippen LogP contribution in [-0.2, 0) is 0 Å². The zero-order chi connectivity index (χ0) is 22.4. The van der Waals surface area contributed by atoms with Gasteiger partial charge in [0.15, 0.2) is 0 Å². The number of hydrogen-bond donors (Lipinski definition) is 1. The van der Waals surface area contributed by atoms with Crippen LogP contribution < -0.4 is 4.90 Å². The lowest BCUT2D eigenvalue weighted by atomic mass is 10.1. The van der Waals surface area contributed by atoms with Crippen molar-refractivity contribution in [3.05, 3.63) is 99.0 Å². The minimum Gasteiger partial charge on any atom is -0.277 e. The molecule has 9 heteroatoms. The third-order valence-corrected chi connectivity index (χ3v) is 5.24. The number of aromatic nitrogens is 2. The number of nitrogens with one attached hydrogen (secondary N) is 1. The third kappa shape index (κ3) is 2.95. The molecule has 1 aliphatic rings. The highest BCUT2D eigenvalue weighted by atomic mass is 19.1. The molecule has 0 unspecified atom stereocenters. The number of amides is 2. The SMILES string of the molecule is O=C1c2cccc([N+](=O)[O-])c2C(=O)N1c1ccc(F)cc1C=Cc1n[nH]c2ccccc12. The number of nitrogens with zero attached hydrogens (tertiary/aromatic N) is 3. The Bertz CT molecular complexity index is 1470. The number of imide groups is 1. The number of benzene rings is 3. The predicted octanol–water partition coefficient (Wildman–Crippen LogP) is 4.58. The number of para-hydroxylation sites is 1. The van der Waals surface area contributed by atoms with Gasteiger partial charge in [0.25, 0.3) is 17.5 Å². The van der Waals surface area contributed by atoms with Crippen LogP contribution in [0.3, 0.4) is 0 Å². The molecule has 1 aromatic heterocycles. The number of carbonyl (C=O) groups excluding carboxylic acids is 2. The second-order valence-corrected chi connectivity index (χ2v) is 7.09. The summed E-state index contributed by atoms with van der Waals surface area (Å²) >= 11 is 0. The van der Waals surface area contributed by atoms with E-state index >= 15 is 0 Å². The Morgan fingerprint density at radius 3 is 2.62 bits per heavy atom. The average Bonchev–Trinajstić information content (AvgIpc) is 3.31. The van der Waals surface area contributed by atoms with Crippen molar-refractivity contribution >= 4 is 46.2 Å². The normalized spacial score (nSPS) is 13.3. The Morgan fingerprint density at radius 2 is 1.81 bits per heavy atom. The van der Waals surface area contributed by atoms with Crippen molar-refractivity contribution < 1.29 is 18.9 Å². The fourth-order valence-electron chi connectivity index (χ4n) is 3.78. The maximum Gasteiger partial charge on any atom is 0.283 e. The molecule has 3 aromatic carbocycles. The average molecular weight is 428 g/mol. The van der Waals surface area contributed by atoms with Crippen LogP contribution in [0.15, 0.2) is 60.7 Å². The van der Waals surface area contributed by atoms with Gasteiger partial charge >= 0.3 is 0 Å². The van der Waals surface area contributed by atoms with Crippen LogP contribution in [0.1, 0.15) is 32.0 Å². The summed E-state index contributed by atoms with van der Waals surface area (Å²) in [4.78, 5) is 37.5. The van der Waals surface area contributed by atoms with Crippen LogP contribution in [0.25, 0.3) is 23.1 Å². The van der Waals surface area contributed by atoms with E-state index in [-0.39, 0.29) is 22.4 Å².